The van der Waals surface area contributed by atoms with Crippen molar-refractivity contribution in [3.63, 3.8) is 0 Å². The van der Waals surface area contributed by atoms with Crippen molar-refractivity contribution < 1.29 is 4.39 Å². The van der Waals surface area contributed by atoms with Gasteiger partial charge in [0.2, 0.25) is 0 Å². The van der Waals surface area contributed by atoms with E-state index in [0.717, 1.165) is 5.56 Å². The Morgan fingerprint density at radius 3 is 2.44 bits per heavy atom. The van der Waals surface area contributed by atoms with Gasteiger partial charge in [0, 0.05) is 12.1 Å². The molecule has 0 aliphatic heterocycles. The van der Waals surface area contributed by atoms with Crippen molar-refractivity contribution in [1.29, 1.82) is 0 Å². The van der Waals surface area contributed by atoms with Crippen LogP contribution in [-0.2, 0) is 0 Å². The topological polar surface area (TPSA) is 12.0 Å². The minimum absolute atomic E-state index is 0.140. The summed E-state index contributed by atoms with van der Waals surface area (Å²) in [7, 11) is 0. The van der Waals surface area contributed by atoms with Gasteiger partial charge in [0.05, 0.1) is 0 Å². The number of rotatable bonds is 3. The van der Waals surface area contributed by atoms with Crippen LogP contribution in [0, 0.1) is 5.82 Å². The molecular weight excluding hydrogens is 225 g/mol. The number of halogens is 1. The monoisotopic (exact) mass is 249 g/mol. The zero-order valence-electron chi connectivity index (χ0n) is 11.3. The van der Waals surface area contributed by atoms with Gasteiger partial charge in [-0.1, -0.05) is 44.2 Å². The fraction of sp³-hybridized carbons (Fsp3) is 0.625. The van der Waals surface area contributed by atoms with E-state index in [0.29, 0.717) is 6.04 Å². The standard InChI is InChI=1S/C16H24FN/c1-13(14-8-7-9-15(17)12-14)18-16-10-5-3-2-4-6-11-16/h7-9,12-13,16,18H,2-6,10-11H2,1H3/t13-/m0/s1. The third kappa shape index (κ3) is 4.09. The van der Waals surface area contributed by atoms with Crippen LogP contribution >= 0.6 is 0 Å². The molecule has 1 aromatic carbocycles. The first-order valence-corrected chi connectivity index (χ1v) is 7.27. The number of hydrogen-bond acceptors (Lipinski definition) is 1. The fourth-order valence-electron chi connectivity index (χ4n) is 2.85. The second-order valence-corrected chi connectivity index (χ2v) is 5.49. The molecule has 0 aromatic heterocycles. The molecule has 0 heterocycles. The zero-order chi connectivity index (χ0) is 12.8. The Labute approximate surface area is 110 Å². The maximum absolute atomic E-state index is 13.2. The minimum atomic E-state index is -0.140. The van der Waals surface area contributed by atoms with Crippen molar-refractivity contribution in [2.24, 2.45) is 0 Å². The van der Waals surface area contributed by atoms with Crippen molar-refractivity contribution in [2.75, 3.05) is 0 Å². The summed E-state index contributed by atoms with van der Waals surface area (Å²) >= 11 is 0. The Morgan fingerprint density at radius 2 is 1.78 bits per heavy atom. The van der Waals surface area contributed by atoms with E-state index in [1.807, 2.05) is 6.07 Å². The Bertz CT molecular complexity index is 356. The molecule has 1 nitrogen and oxygen atoms in total. The highest BCUT2D eigenvalue weighted by Gasteiger charge is 2.14. The molecule has 0 spiro atoms. The predicted octanol–water partition coefficient (Wildman–Crippen LogP) is 4.59. The van der Waals surface area contributed by atoms with Crippen molar-refractivity contribution in [3.8, 4) is 0 Å². The van der Waals surface area contributed by atoms with E-state index in [-0.39, 0.29) is 11.9 Å². The van der Waals surface area contributed by atoms with Gasteiger partial charge >= 0.3 is 0 Å². The maximum atomic E-state index is 13.2. The largest absolute Gasteiger partial charge is 0.307 e. The van der Waals surface area contributed by atoms with Crippen LogP contribution in [0.3, 0.4) is 0 Å². The first-order chi connectivity index (χ1) is 8.75. The van der Waals surface area contributed by atoms with Crippen molar-refractivity contribution in [2.45, 2.75) is 64.0 Å². The smallest absolute Gasteiger partial charge is 0.123 e. The lowest BCUT2D eigenvalue weighted by atomic mass is 9.95. The Morgan fingerprint density at radius 1 is 1.11 bits per heavy atom. The summed E-state index contributed by atoms with van der Waals surface area (Å²) in [4.78, 5) is 0. The van der Waals surface area contributed by atoms with Gasteiger partial charge in [-0.15, -0.1) is 0 Å². The molecule has 2 rings (SSSR count). The highest BCUT2D eigenvalue weighted by Crippen LogP contribution is 2.21. The molecule has 0 bridgehead atoms. The van der Waals surface area contributed by atoms with E-state index in [1.165, 1.54) is 51.0 Å². The zero-order valence-corrected chi connectivity index (χ0v) is 11.3. The van der Waals surface area contributed by atoms with Crippen molar-refractivity contribution in [3.05, 3.63) is 35.6 Å². The van der Waals surface area contributed by atoms with Crippen LogP contribution in [0.2, 0.25) is 0 Å². The lowest BCUT2D eigenvalue weighted by Gasteiger charge is -2.25. The van der Waals surface area contributed by atoms with Crippen molar-refractivity contribution >= 4 is 0 Å². The summed E-state index contributed by atoms with van der Waals surface area (Å²) in [6.07, 6.45) is 9.31. The predicted molar refractivity (Wildman–Crippen MR) is 74.1 cm³/mol. The molecule has 1 atom stereocenters. The number of nitrogens with one attached hydrogen (secondary N) is 1. The minimum Gasteiger partial charge on any atom is -0.307 e. The maximum Gasteiger partial charge on any atom is 0.123 e. The van der Waals surface area contributed by atoms with Crippen LogP contribution in [-0.4, -0.2) is 6.04 Å². The van der Waals surface area contributed by atoms with Crippen LogP contribution in [0.4, 0.5) is 4.39 Å². The number of benzene rings is 1. The SMILES string of the molecule is C[C@H](NC1CCCCCCC1)c1cccc(F)c1. The molecular formula is C16H24FN. The summed E-state index contributed by atoms with van der Waals surface area (Å²) in [5.41, 5.74) is 1.05. The average Bonchev–Trinajstić information content (AvgIpc) is 2.32. The molecule has 1 saturated carbocycles. The van der Waals surface area contributed by atoms with Gasteiger partial charge in [0.1, 0.15) is 5.82 Å². The molecule has 1 fully saturated rings. The van der Waals surface area contributed by atoms with Gasteiger partial charge in [-0.05, 0) is 37.5 Å². The molecule has 0 unspecified atom stereocenters. The van der Waals surface area contributed by atoms with Gasteiger partial charge < -0.3 is 5.32 Å². The summed E-state index contributed by atoms with van der Waals surface area (Å²) in [5, 5.41) is 3.66. The first kappa shape index (κ1) is 13.5. The highest BCUT2D eigenvalue weighted by molar-refractivity contribution is 5.19. The lowest BCUT2D eigenvalue weighted by molar-refractivity contribution is 0.362. The number of hydrogen-bond donors (Lipinski definition) is 1. The second-order valence-electron chi connectivity index (χ2n) is 5.49. The van der Waals surface area contributed by atoms with Gasteiger partial charge in [-0.2, -0.15) is 0 Å². The molecule has 1 aliphatic rings. The Balaban J connectivity index is 1.90. The van der Waals surface area contributed by atoms with E-state index in [1.54, 1.807) is 12.1 Å². The van der Waals surface area contributed by atoms with E-state index in [4.69, 9.17) is 0 Å². The Kier molecular flexibility index (Phi) is 5.18. The lowest BCUT2D eigenvalue weighted by Crippen LogP contribution is -2.32. The van der Waals surface area contributed by atoms with Crippen LogP contribution in [0.15, 0.2) is 24.3 Å². The average molecular weight is 249 g/mol. The van der Waals surface area contributed by atoms with E-state index in [2.05, 4.69) is 12.2 Å². The van der Waals surface area contributed by atoms with E-state index in [9.17, 15) is 4.39 Å². The molecule has 0 amide bonds. The van der Waals surface area contributed by atoms with Crippen molar-refractivity contribution in [1.82, 2.24) is 5.32 Å². The first-order valence-electron chi connectivity index (χ1n) is 7.27. The Hall–Kier alpha value is -0.890. The van der Waals surface area contributed by atoms with Gasteiger partial charge in [0.15, 0.2) is 0 Å². The summed E-state index contributed by atoms with van der Waals surface area (Å²) in [5.74, 6) is -0.140. The third-order valence-corrected chi connectivity index (χ3v) is 3.94. The molecule has 1 aromatic rings. The molecule has 2 heteroatoms. The third-order valence-electron chi connectivity index (χ3n) is 3.94. The summed E-state index contributed by atoms with van der Waals surface area (Å²) < 4.78 is 13.2. The van der Waals surface area contributed by atoms with Crippen LogP contribution in [0.5, 0.6) is 0 Å². The van der Waals surface area contributed by atoms with Crippen LogP contribution < -0.4 is 5.32 Å². The molecule has 1 aliphatic carbocycles. The second kappa shape index (κ2) is 6.89. The van der Waals surface area contributed by atoms with Gasteiger partial charge in [-0.25, -0.2) is 4.39 Å². The van der Waals surface area contributed by atoms with Crippen LogP contribution in [0.1, 0.15) is 63.5 Å². The molecule has 0 radical (unpaired) electrons. The van der Waals surface area contributed by atoms with Gasteiger partial charge in [-0.3, -0.25) is 0 Å². The molecule has 0 saturated heterocycles. The molecule has 100 valence electrons. The molecule has 1 N–H and O–H groups in total. The van der Waals surface area contributed by atoms with E-state index < -0.39 is 0 Å². The van der Waals surface area contributed by atoms with Crippen LogP contribution in [0.25, 0.3) is 0 Å². The van der Waals surface area contributed by atoms with E-state index >= 15 is 0 Å². The molecule has 18 heavy (non-hydrogen) atoms. The quantitative estimate of drug-likeness (QED) is 0.826. The summed E-state index contributed by atoms with van der Waals surface area (Å²) in [6.45, 7) is 2.13. The fourth-order valence-corrected chi connectivity index (χ4v) is 2.85. The highest BCUT2D eigenvalue weighted by atomic mass is 19.1. The summed E-state index contributed by atoms with van der Waals surface area (Å²) in [6, 6.07) is 7.78. The normalized spacial score (nSPS) is 20.1. The van der Waals surface area contributed by atoms with Gasteiger partial charge in [0.25, 0.3) is 0 Å².